The summed E-state index contributed by atoms with van der Waals surface area (Å²) in [6.45, 7) is 0.0238. The van der Waals surface area contributed by atoms with E-state index in [-0.39, 0.29) is 13.4 Å². The van der Waals surface area contributed by atoms with Crippen LogP contribution in [-0.2, 0) is 0 Å². The highest BCUT2D eigenvalue weighted by Gasteiger charge is 2.47. The van der Waals surface area contributed by atoms with E-state index in [4.69, 9.17) is 4.42 Å². The van der Waals surface area contributed by atoms with Gasteiger partial charge in [0.25, 0.3) is 6.71 Å². The summed E-state index contributed by atoms with van der Waals surface area (Å²) in [5.74, 6) is 0. The molecule has 14 rings (SSSR count). The molecule has 0 amide bonds. The van der Waals surface area contributed by atoms with Crippen LogP contribution in [0.15, 0.2) is 214 Å². The van der Waals surface area contributed by atoms with Gasteiger partial charge in [-0.3, -0.25) is 0 Å². The number of benzene rings is 9. The van der Waals surface area contributed by atoms with Crippen LogP contribution >= 0.6 is 11.8 Å². The van der Waals surface area contributed by atoms with Gasteiger partial charge in [0.2, 0.25) is 6.71 Å². The molecule has 4 aliphatic rings. The second kappa shape index (κ2) is 12.6. The fraction of sp³-hybridized carbons (Fsp3) is 0. The first kappa shape index (κ1) is 33.5. The van der Waals surface area contributed by atoms with Gasteiger partial charge in [-0.2, -0.15) is 0 Å². The molecule has 0 unspecified atom stereocenters. The van der Waals surface area contributed by atoms with E-state index in [1.807, 2.05) is 11.8 Å². The summed E-state index contributed by atoms with van der Waals surface area (Å²) in [6, 6.07) is 73.7. The lowest BCUT2D eigenvalue weighted by Gasteiger charge is -2.45. The first-order chi connectivity index (χ1) is 30.3. The van der Waals surface area contributed by atoms with Crippen molar-refractivity contribution in [3.8, 4) is 0 Å². The predicted octanol–water partition coefficient (Wildman–Crippen LogP) is 10.4. The average Bonchev–Trinajstić information content (AvgIpc) is 3.68. The van der Waals surface area contributed by atoms with Gasteiger partial charge >= 0.3 is 0 Å². The summed E-state index contributed by atoms with van der Waals surface area (Å²) < 4.78 is 6.63. The molecule has 0 saturated carbocycles. The van der Waals surface area contributed by atoms with Gasteiger partial charge in [0.1, 0.15) is 11.2 Å². The summed E-state index contributed by atoms with van der Waals surface area (Å²) in [6.07, 6.45) is 0. The Morgan fingerprint density at radius 2 is 0.852 bits per heavy atom. The topological polar surface area (TPSA) is 22.9 Å². The van der Waals surface area contributed by atoms with Crippen LogP contribution in [-0.4, -0.2) is 13.4 Å². The smallest absolute Gasteiger partial charge is 0.252 e. The maximum absolute atomic E-state index is 6.63. The first-order valence-corrected chi connectivity index (χ1v) is 21.8. The Balaban J connectivity index is 1.08. The zero-order valence-corrected chi connectivity index (χ0v) is 33.7. The number of hydrogen-bond donors (Lipinski definition) is 0. The molecule has 282 valence electrons. The van der Waals surface area contributed by atoms with Crippen molar-refractivity contribution in [3.63, 3.8) is 0 Å². The van der Waals surface area contributed by atoms with Crippen LogP contribution in [0.4, 0.5) is 51.2 Å². The minimum atomic E-state index is -0.0409. The Bertz CT molecular complexity index is 3450. The molecule has 7 heteroatoms. The van der Waals surface area contributed by atoms with E-state index in [2.05, 4.69) is 215 Å². The van der Waals surface area contributed by atoms with Crippen LogP contribution in [0.1, 0.15) is 0 Å². The van der Waals surface area contributed by atoms with Crippen molar-refractivity contribution in [2.45, 2.75) is 9.79 Å². The molecule has 0 spiro atoms. The van der Waals surface area contributed by atoms with Gasteiger partial charge in [0.15, 0.2) is 0 Å². The molecular formula is C54H33B2N3OS. The number of hydrogen-bond acceptors (Lipinski definition) is 5. The van der Waals surface area contributed by atoms with Crippen LogP contribution in [0.25, 0.3) is 21.9 Å². The lowest BCUT2D eigenvalue weighted by molar-refractivity contribution is 0.669. The van der Waals surface area contributed by atoms with E-state index in [1.165, 1.54) is 76.7 Å². The molecule has 0 aliphatic carbocycles. The molecule has 0 saturated heterocycles. The van der Waals surface area contributed by atoms with Crippen molar-refractivity contribution in [3.05, 3.63) is 200 Å². The van der Waals surface area contributed by atoms with Crippen LogP contribution in [0, 0.1) is 0 Å². The SMILES string of the molecule is c1ccc(N2c3ccccc3B3c4cc5c(cc4Sc4cccc2c43)N(c2ccccc2)c2cccc3c2B5c2cc4c(cc2N3c2ccccc2)oc2ccccc24)cc1. The lowest BCUT2D eigenvalue weighted by atomic mass is 9.31. The Morgan fingerprint density at radius 1 is 0.328 bits per heavy atom. The average molecular weight is 794 g/mol. The van der Waals surface area contributed by atoms with E-state index < -0.39 is 0 Å². The first-order valence-electron chi connectivity index (χ1n) is 21.0. The second-order valence-electron chi connectivity index (χ2n) is 16.4. The summed E-state index contributed by atoms with van der Waals surface area (Å²) in [4.78, 5) is 10.0. The number of anilines is 9. The lowest BCUT2D eigenvalue weighted by Crippen LogP contribution is -2.64. The van der Waals surface area contributed by atoms with Crippen LogP contribution in [0.3, 0.4) is 0 Å². The third-order valence-electron chi connectivity index (χ3n) is 13.3. The summed E-state index contributed by atoms with van der Waals surface area (Å²) in [5.41, 5.74) is 20.5. The molecule has 0 fully saturated rings. The maximum atomic E-state index is 6.63. The van der Waals surface area contributed by atoms with E-state index >= 15 is 0 Å². The minimum Gasteiger partial charge on any atom is -0.456 e. The zero-order chi connectivity index (χ0) is 39.8. The van der Waals surface area contributed by atoms with Crippen molar-refractivity contribution < 1.29 is 4.42 Å². The highest BCUT2D eigenvalue weighted by atomic mass is 32.2. The number of rotatable bonds is 3. The molecule has 4 nitrogen and oxygen atoms in total. The van der Waals surface area contributed by atoms with Gasteiger partial charge in [-0.15, -0.1) is 0 Å². The van der Waals surface area contributed by atoms with Gasteiger partial charge < -0.3 is 19.1 Å². The van der Waals surface area contributed by atoms with Gasteiger partial charge in [-0.1, -0.05) is 132 Å². The molecule has 5 heterocycles. The Hall–Kier alpha value is -7.34. The Labute approximate surface area is 358 Å². The van der Waals surface area contributed by atoms with Gasteiger partial charge in [0.05, 0.1) is 0 Å². The number of furan rings is 1. The molecule has 9 aromatic carbocycles. The fourth-order valence-corrected chi connectivity index (χ4v) is 12.0. The number of fused-ring (bicyclic) bond motifs is 11. The third-order valence-corrected chi connectivity index (χ3v) is 14.4. The van der Waals surface area contributed by atoms with Crippen molar-refractivity contribution in [2.24, 2.45) is 0 Å². The predicted molar refractivity (Wildman–Crippen MR) is 258 cm³/mol. The zero-order valence-electron chi connectivity index (χ0n) is 32.9. The second-order valence-corrected chi connectivity index (χ2v) is 17.5. The quantitative estimate of drug-likeness (QED) is 0.166. The Morgan fingerprint density at radius 3 is 1.56 bits per heavy atom. The molecular weight excluding hydrogens is 760 g/mol. The standard InChI is InChI=1S/C54H33B2N3OS/c1-4-16-34(17-5-1)57-43-24-12-11-23-39(43)55-42-31-41-48(33-52(42)61-51-29-15-27-46(57)54(51)55)59(36-20-8-3-9-21-36)45-26-14-25-44-53(45)56(41)40-30-38-37-22-10-13-28-49(37)60-50(38)32-47(40)58(44)35-18-6-2-7-19-35/h1-33H. The van der Waals surface area contributed by atoms with Crippen molar-refractivity contribution in [1.82, 2.24) is 0 Å². The van der Waals surface area contributed by atoms with Crippen LogP contribution in [0.5, 0.6) is 0 Å². The normalized spacial score (nSPS) is 14.0. The van der Waals surface area contributed by atoms with Crippen LogP contribution < -0.4 is 47.5 Å². The molecule has 4 aliphatic heterocycles. The molecule has 0 atom stereocenters. The van der Waals surface area contributed by atoms with Gasteiger partial charge in [0, 0.05) is 77.8 Å². The summed E-state index contributed by atoms with van der Waals surface area (Å²) in [5, 5.41) is 2.28. The summed E-state index contributed by atoms with van der Waals surface area (Å²) >= 11 is 1.91. The highest BCUT2D eigenvalue weighted by molar-refractivity contribution is 8.00. The fourth-order valence-electron chi connectivity index (χ4n) is 10.8. The number of para-hydroxylation sites is 5. The molecule has 0 bridgehead atoms. The molecule has 1 aromatic heterocycles. The van der Waals surface area contributed by atoms with Crippen molar-refractivity contribution >= 4 is 131 Å². The maximum Gasteiger partial charge on any atom is 0.252 e. The monoisotopic (exact) mass is 793 g/mol. The van der Waals surface area contributed by atoms with E-state index in [0.29, 0.717) is 0 Å². The van der Waals surface area contributed by atoms with E-state index in [0.717, 1.165) is 39.0 Å². The highest BCUT2D eigenvalue weighted by Crippen LogP contribution is 2.47. The van der Waals surface area contributed by atoms with E-state index in [1.54, 1.807) is 0 Å². The van der Waals surface area contributed by atoms with Gasteiger partial charge in [-0.25, -0.2) is 0 Å². The molecule has 10 aromatic rings. The number of nitrogens with zero attached hydrogens (tertiary/aromatic N) is 3. The van der Waals surface area contributed by atoms with Crippen molar-refractivity contribution in [2.75, 3.05) is 14.7 Å². The van der Waals surface area contributed by atoms with Crippen LogP contribution in [0.2, 0.25) is 0 Å². The molecule has 61 heavy (non-hydrogen) atoms. The minimum absolute atomic E-state index is 0.0409. The Kier molecular flexibility index (Phi) is 6.91. The van der Waals surface area contributed by atoms with E-state index in [9.17, 15) is 0 Å². The van der Waals surface area contributed by atoms with Crippen molar-refractivity contribution in [1.29, 1.82) is 0 Å². The van der Waals surface area contributed by atoms with Gasteiger partial charge in [-0.05, 0) is 106 Å². The largest absolute Gasteiger partial charge is 0.456 e. The summed E-state index contributed by atoms with van der Waals surface area (Å²) in [7, 11) is 0. The molecule has 0 N–H and O–H groups in total. The molecule has 0 radical (unpaired) electrons. The third kappa shape index (κ3) is 4.64.